The second-order valence-corrected chi connectivity index (χ2v) is 2.32. The largest absolute Gasteiger partial charge is 0.361 e. The average molecular weight is 147 g/mol. The predicted octanol–water partition coefficient (Wildman–Crippen LogP) is 0.524. The molecule has 1 rings (SSSR count). The molecular formula is C8H9N3. The molecule has 1 aromatic heterocycles. The number of hydrogen-bond acceptors (Lipinski definition) is 3. The summed E-state index contributed by atoms with van der Waals surface area (Å²) in [6.07, 6.45) is 5.11. The molecule has 0 spiro atoms. The molecule has 11 heavy (non-hydrogen) atoms. The van der Waals surface area contributed by atoms with Crippen LogP contribution in [0.25, 0.3) is 0 Å². The summed E-state index contributed by atoms with van der Waals surface area (Å²) in [5, 5.41) is 7.67. The summed E-state index contributed by atoms with van der Waals surface area (Å²) < 4.78 is 0. The molecule has 0 amide bonds. The van der Waals surface area contributed by atoms with E-state index in [1.807, 2.05) is 25.1 Å². The van der Waals surface area contributed by atoms with Gasteiger partial charge in [-0.2, -0.15) is 0 Å². The lowest BCUT2D eigenvalue weighted by atomic mass is 10.4. The lowest BCUT2D eigenvalue weighted by Crippen LogP contribution is -2.11. The summed E-state index contributed by atoms with van der Waals surface area (Å²) in [7, 11) is 3.80. The maximum absolute atomic E-state index is 5.11. The van der Waals surface area contributed by atoms with Crippen LogP contribution in [0.2, 0.25) is 0 Å². The third-order valence-electron chi connectivity index (χ3n) is 1.26. The standard InChI is InChI=1S/C8H9N3/c1-4-7-5-6-8(10-9-7)11(2)3/h1,5-6H,2-3H3. The van der Waals surface area contributed by atoms with Crippen LogP contribution >= 0.6 is 0 Å². The molecule has 1 aromatic rings. The van der Waals surface area contributed by atoms with Crippen molar-refractivity contribution < 1.29 is 0 Å². The lowest BCUT2D eigenvalue weighted by Gasteiger charge is -2.08. The van der Waals surface area contributed by atoms with Crippen molar-refractivity contribution in [2.24, 2.45) is 0 Å². The second-order valence-electron chi connectivity index (χ2n) is 2.32. The molecular weight excluding hydrogens is 138 g/mol. The molecule has 1 heterocycles. The van der Waals surface area contributed by atoms with Gasteiger partial charge >= 0.3 is 0 Å². The molecule has 0 aliphatic rings. The van der Waals surface area contributed by atoms with Gasteiger partial charge in [0.05, 0.1) is 0 Å². The van der Waals surface area contributed by atoms with Gasteiger partial charge < -0.3 is 4.90 Å². The van der Waals surface area contributed by atoms with Crippen LogP contribution in [-0.2, 0) is 0 Å². The third kappa shape index (κ3) is 1.68. The molecule has 0 aliphatic heterocycles. The van der Waals surface area contributed by atoms with Crippen molar-refractivity contribution in [3.05, 3.63) is 17.8 Å². The van der Waals surface area contributed by atoms with Crippen molar-refractivity contribution in [3.63, 3.8) is 0 Å². The van der Waals surface area contributed by atoms with E-state index in [2.05, 4.69) is 16.1 Å². The summed E-state index contributed by atoms with van der Waals surface area (Å²) >= 11 is 0. The zero-order chi connectivity index (χ0) is 8.27. The summed E-state index contributed by atoms with van der Waals surface area (Å²) in [6, 6.07) is 3.60. The quantitative estimate of drug-likeness (QED) is 0.542. The van der Waals surface area contributed by atoms with Gasteiger partial charge in [-0.25, -0.2) is 0 Å². The van der Waals surface area contributed by atoms with E-state index in [0.29, 0.717) is 5.69 Å². The van der Waals surface area contributed by atoms with Gasteiger partial charge in [0.2, 0.25) is 0 Å². The Balaban J connectivity index is 2.94. The maximum atomic E-state index is 5.11. The predicted molar refractivity (Wildman–Crippen MR) is 44.3 cm³/mol. The first-order chi connectivity index (χ1) is 5.24. The van der Waals surface area contributed by atoms with Crippen molar-refractivity contribution in [3.8, 4) is 12.3 Å². The van der Waals surface area contributed by atoms with Crippen molar-refractivity contribution in [1.82, 2.24) is 10.2 Å². The molecule has 0 bridgehead atoms. The smallest absolute Gasteiger partial charge is 0.150 e. The van der Waals surface area contributed by atoms with Crippen molar-refractivity contribution in [1.29, 1.82) is 0 Å². The Bertz CT molecular complexity index is 268. The fourth-order valence-corrected chi connectivity index (χ4v) is 0.641. The van der Waals surface area contributed by atoms with E-state index in [-0.39, 0.29) is 0 Å². The minimum absolute atomic E-state index is 0.565. The van der Waals surface area contributed by atoms with Crippen molar-refractivity contribution >= 4 is 5.82 Å². The Kier molecular flexibility index (Phi) is 2.07. The van der Waals surface area contributed by atoms with E-state index in [1.165, 1.54) is 0 Å². The molecule has 0 saturated carbocycles. The highest BCUT2D eigenvalue weighted by atomic mass is 15.2. The van der Waals surface area contributed by atoms with Crippen LogP contribution in [0.1, 0.15) is 5.69 Å². The molecule has 0 atom stereocenters. The Hall–Kier alpha value is -1.56. The van der Waals surface area contributed by atoms with Gasteiger partial charge in [-0.1, -0.05) is 0 Å². The van der Waals surface area contributed by atoms with E-state index >= 15 is 0 Å². The van der Waals surface area contributed by atoms with E-state index in [9.17, 15) is 0 Å². The van der Waals surface area contributed by atoms with Gasteiger partial charge in [0, 0.05) is 14.1 Å². The minimum Gasteiger partial charge on any atom is -0.361 e. The Morgan fingerprint density at radius 3 is 2.45 bits per heavy atom. The molecule has 0 aromatic carbocycles. The fraction of sp³-hybridized carbons (Fsp3) is 0.250. The number of nitrogens with zero attached hydrogens (tertiary/aromatic N) is 3. The molecule has 3 heteroatoms. The first kappa shape index (κ1) is 7.55. The molecule has 0 radical (unpaired) electrons. The second kappa shape index (κ2) is 3.02. The summed E-state index contributed by atoms with van der Waals surface area (Å²) in [5.41, 5.74) is 0.565. The number of hydrogen-bond donors (Lipinski definition) is 0. The zero-order valence-corrected chi connectivity index (χ0v) is 6.57. The SMILES string of the molecule is C#Cc1ccc(N(C)C)nn1. The van der Waals surface area contributed by atoms with Crippen LogP contribution in [0.3, 0.4) is 0 Å². The van der Waals surface area contributed by atoms with Crippen LogP contribution in [0, 0.1) is 12.3 Å². The molecule has 0 unspecified atom stereocenters. The van der Waals surface area contributed by atoms with Crippen LogP contribution in [0.15, 0.2) is 12.1 Å². The maximum Gasteiger partial charge on any atom is 0.150 e. The van der Waals surface area contributed by atoms with Gasteiger partial charge in [0.1, 0.15) is 5.69 Å². The topological polar surface area (TPSA) is 29.0 Å². The molecule has 0 fully saturated rings. The number of aromatic nitrogens is 2. The number of terminal acetylenes is 1. The molecule has 56 valence electrons. The Morgan fingerprint density at radius 2 is 2.09 bits per heavy atom. The first-order valence-corrected chi connectivity index (χ1v) is 3.21. The highest BCUT2D eigenvalue weighted by Gasteiger charge is 1.95. The number of anilines is 1. The van der Waals surface area contributed by atoms with Crippen LogP contribution in [0.4, 0.5) is 5.82 Å². The van der Waals surface area contributed by atoms with Gasteiger partial charge in [-0.3, -0.25) is 0 Å². The summed E-state index contributed by atoms with van der Waals surface area (Å²) in [5.74, 6) is 3.21. The Labute approximate surface area is 66.1 Å². The van der Waals surface area contributed by atoms with Crippen LogP contribution < -0.4 is 4.90 Å². The Morgan fingerprint density at radius 1 is 1.36 bits per heavy atom. The highest BCUT2D eigenvalue weighted by Crippen LogP contribution is 2.03. The van der Waals surface area contributed by atoms with Crippen LogP contribution in [-0.4, -0.2) is 24.3 Å². The molecule has 0 aliphatic carbocycles. The van der Waals surface area contributed by atoms with Crippen molar-refractivity contribution in [2.75, 3.05) is 19.0 Å². The van der Waals surface area contributed by atoms with Crippen molar-refractivity contribution in [2.45, 2.75) is 0 Å². The van der Waals surface area contributed by atoms with Gasteiger partial charge in [0.15, 0.2) is 5.82 Å². The van der Waals surface area contributed by atoms with E-state index in [4.69, 9.17) is 6.42 Å². The third-order valence-corrected chi connectivity index (χ3v) is 1.26. The number of rotatable bonds is 1. The normalized spacial score (nSPS) is 8.82. The monoisotopic (exact) mass is 147 g/mol. The minimum atomic E-state index is 0.565. The summed E-state index contributed by atoms with van der Waals surface area (Å²) in [4.78, 5) is 1.87. The molecule has 3 nitrogen and oxygen atoms in total. The fourth-order valence-electron chi connectivity index (χ4n) is 0.641. The van der Waals surface area contributed by atoms with Crippen LogP contribution in [0.5, 0.6) is 0 Å². The summed E-state index contributed by atoms with van der Waals surface area (Å²) in [6.45, 7) is 0. The van der Waals surface area contributed by atoms with E-state index < -0.39 is 0 Å². The van der Waals surface area contributed by atoms with Gasteiger partial charge in [0.25, 0.3) is 0 Å². The first-order valence-electron chi connectivity index (χ1n) is 3.21. The molecule has 0 N–H and O–H groups in total. The molecule has 0 saturated heterocycles. The zero-order valence-electron chi connectivity index (χ0n) is 6.57. The average Bonchev–Trinajstić information content (AvgIpc) is 2.05. The van der Waals surface area contributed by atoms with E-state index in [1.54, 1.807) is 6.07 Å². The van der Waals surface area contributed by atoms with E-state index in [0.717, 1.165) is 5.82 Å². The van der Waals surface area contributed by atoms with Gasteiger partial charge in [-0.05, 0) is 18.1 Å². The lowest BCUT2D eigenvalue weighted by molar-refractivity contribution is 0.954. The highest BCUT2D eigenvalue weighted by molar-refractivity contribution is 5.37. The van der Waals surface area contributed by atoms with Gasteiger partial charge in [-0.15, -0.1) is 16.6 Å².